The van der Waals surface area contributed by atoms with Gasteiger partial charge in [0, 0.05) is 18.5 Å². The number of nitrogens with one attached hydrogen (secondary N) is 1. The van der Waals surface area contributed by atoms with Crippen LogP contribution in [0.4, 0.5) is 0 Å². The largest absolute Gasteiger partial charge is 0.464 e. The van der Waals surface area contributed by atoms with E-state index >= 15 is 0 Å². The molecule has 1 heterocycles. The fourth-order valence-corrected chi connectivity index (χ4v) is 2.85. The van der Waals surface area contributed by atoms with E-state index in [2.05, 4.69) is 23.2 Å². The van der Waals surface area contributed by atoms with Gasteiger partial charge in [0.05, 0.1) is 25.6 Å². The Morgan fingerprint density at radius 2 is 2.27 bits per heavy atom. The van der Waals surface area contributed by atoms with Crippen molar-refractivity contribution in [2.24, 2.45) is 5.92 Å². The third-order valence-electron chi connectivity index (χ3n) is 4.49. The van der Waals surface area contributed by atoms with Crippen LogP contribution in [0.3, 0.4) is 0 Å². The molecule has 2 aliphatic carbocycles. The Labute approximate surface area is 131 Å². The summed E-state index contributed by atoms with van der Waals surface area (Å²) in [5, 5.41) is 11.3. The van der Waals surface area contributed by atoms with Crippen LogP contribution >= 0.6 is 0 Å². The van der Waals surface area contributed by atoms with E-state index in [1.165, 1.54) is 6.42 Å². The minimum Gasteiger partial charge on any atom is -0.464 e. The van der Waals surface area contributed by atoms with Crippen molar-refractivity contribution in [3.63, 3.8) is 0 Å². The Kier molecular flexibility index (Phi) is 4.49. The van der Waals surface area contributed by atoms with E-state index in [0.717, 1.165) is 30.3 Å². The number of furan rings is 1. The monoisotopic (exact) mass is 301 g/mol. The topological polar surface area (TPSA) is 69.3 Å². The number of nitriles is 1. The van der Waals surface area contributed by atoms with Gasteiger partial charge in [-0.2, -0.15) is 5.26 Å². The van der Waals surface area contributed by atoms with Crippen LogP contribution < -0.4 is 5.32 Å². The number of carbonyl (C=O) groups excluding carboxylic acids is 1. The van der Waals surface area contributed by atoms with Gasteiger partial charge in [-0.15, -0.1) is 0 Å². The zero-order valence-corrected chi connectivity index (χ0v) is 13.0. The van der Waals surface area contributed by atoms with Crippen LogP contribution in [0.15, 0.2) is 16.5 Å². The van der Waals surface area contributed by atoms with E-state index in [1.807, 2.05) is 12.1 Å². The summed E-state index contributed by atoms with van der Waals surface area (Å²) >= 11 is 0. The highest BCUT2D eigenvalue weighted by atomic mass is 16.3. The molecular formula is C17H23N3O2. The summed E-state index contributed by atoms with van der Waals surface area (Å²) in [5.74, 6) is 3.37. The Morgan fingerprint density at radius 3 is 2.91 bits per heavy atom. The highest BCUT2D eigenvalue weighted by Gasteiger charge is 2.37. The number of nitrogens with zero attached hydrogens (tertiary/aromatic N) is 2. The highest BCUT2D eigenvalue weighted by molar-refractivity contribution is 5.78. The summed E-state index contributed by atoms with van der Waals surface area (Å²) in [4.78, 5) is 14.1. The molecule has 1 aromatic rings. The first-order valence-corrected chi connectivity index (χ1v) is 8.13. The maximum Gasteiger partial charge on any atom is 0.234 e. The van der Waals surface area contributed by atoms with E-state index in [-0.39, 0.29) is 5.91 Å². The maximum atomic E-state index is 11.9. The van der Waals surface area contributed by atoms with Crippen molar-refractivity contribution in [3.05, 3.63) is 23.7 Å². The second kappa shape index (κ2) is 6.53. The van der Waals surface area contributed by atoms with Crippen molar-refractivity contribution < 1.29 is 9.21 Å². The first-order valence-electron chi connectivity index (χ1n) is 8.13. The van der Waals surface area contributed by atoms with Gasteiger partial charge in [-0.25, -0.2) is 0 Å². The molecule has 5 nitrogen and oxygen atoms in total. The lowest BCUT2D eigenvalue weighted by atomic mass is 10.3. The van der Waals surface area contributed by atoms with Gasteiger partial charge in [0.15, 0.2) is 0 Å². The van der Waals surface area contributed by atoms with E-state index in [1.54, 1.807) is 0 Å². The van der Waals surface area contributed by atoms with Crippen LogP contribution in [0.5, 0.6) is 0 Å². The summed E-state index contributed by atoms with van der Waals surface area (Å²) in [7, 11) is 0. The van der Waals surface area contributed by atoms with Crippen LogP contribution in [0.2, 0.25) is 0 Å². The van der Waals surface area contributed by atoms with E-state index in [4.69, 9.17) is 9.68 Å². The van der Waals surface area contributed by atoms with Gasteiger partial charge in [-0.05, 0) is 37.3 Å². The average molecular weight is 301 g/mol. The normalized spacial score (nSPS) is 23.3. The van der Waals surface area contributed by atoms with Crippen molar-refractivity contribution in [1.82, 2.24) is 10.2 Å². The predicted octanol–water partition coefficient (Wildman–Crippen LogP) is 2.40. The molecule has 2 aliphatic rings. The van der Waals surface area contributed by atoms with E-state index in [9.17, 15) is 4.79 Å². The summed E-state index contributed by atoms with van der Waals surface area (Å²) in [5.41, 5.74) is 0. The predicted molar refractivity (Wildman–Crippen MR) is 81.9 cm³/mol. The van der Waals surface area contributed by atoms with Gasteiger partial charge < -0.3 is 9.73 Å². The van der Waals surface area contributed by atoms with Gasteiger partial charge in [-0.1, -0.05) is 6.92 Å². The average Bonchev–Trinajstić information content (AvgIpc) is 3.40. The second-order valence-electron chi connectivity index (χ2n) is 6.52. The molecule has 1 N–H and O–H groups in total. The lowest BCUT2D eigenvalue weighted by molar-refractivity contribution is -0.122. The molecule has 0 unspecified atom stereocenters. The fraction of sp³-hybridized carbons (Fsp3) is 0.647. The lowest BCUT2D eigenvalue weighted by Gasteiger charge is -2.20. The third kappa shape index (κ3) is 3.89. The number of amides is 1. The van der Waals surface area contributed by atoms with E-state index < -0.39 is 0 Å². The summed E-state index contributed by atoms with van der Waals surface area (Å²) < 4.78 is 5.95. The van der Waals surface area contributed by atoms with Crippen LogP contribution in [-0.2, 0) is 11.3 Å². The molecule has 0 aromatic carbocycles. The van der Waals surface area contributed by atoms with Crippen molar-refractivity contribution in [1.29, 1.82) is 5.26 Å². The molecule has 2 atom stereocenters. The number of hydrogen-bond acceptors (Lipinski definition) is 4. The van der Waals surface area contributed by atoms with Gasteiger partial charge >= 0.3 is 0 Å². The van der Waals surface area contributed by atoms with Crippen LogP contribution in [0.1, 0.15) is 50.0 Å². The number of hydrogen-bond donors (Lipinski definition) is 1. The minimum atomic E-state index is -0.00950. The third-order valence-corrected chi connectivity index (χ3v) is 4.49. The molecule has 0 bridgehead atoms. The molecule has 0 aliphatic heterocycles. The van der Waals surface area contributed by atoms with Crippen LogP contribution in [-0.4, -0.2) is 29.9 Å². The van der Waals surface area contributed by atoms with Crippen molar-refractivity contribution in [2.45, 2.75) is 51.1 Å². The van der Waals surface area contributed by atoms with Crippen LogP contribution in [0, 0.1) is 17.2 Å². The molecule has 5 heteroatoms. The molecule has 1 aromatic heterocycles. The molecule has 22 heavy (non-hydrogen) atoms. The van der Waals surface area contributed by atoms with Gasteiger partial charge in [0.1, 0.15) is 11.5 Å². The van der Waals surface area contributed by atoms with Gasteiger partial charge in [0.2, 0.25) is 5.91 Å². The van der Waals surface area contributed by atoms with Crippen molar-refractivity contribution >= 4 is 5.91 Å². The zero-order valence-electron chi connectivity index (χ0n) is 13.0. The summed E-state index contributed by atoms with van der Waals surface area (Å²) in [6.45, 7) is 3.75. The first-order chi connectivity index (χ1) is 10.7. The van der Waals surface area contributed by atoms with Crippen molar-refractivity contribution in [2.75, 3.05) is 13.1 Å². The quantitative estimate of drug-likeness (QED) is 0.749. The molecule has 0 spiro atoms. The molecule has 2 fully saturated rings. The van der Waals surface area contributed by atoms with Crippen LogP contribution in [0.25, 0.3) is 0 Å². The first kappa shape index (κ1) is 15.1. The molecule has 118 valence electrons. The second-order valence-corrected chi connectivity index (χ2v) is 6.52. The Hall–Kier alpha value is -1.80. The number of rotatable bonds is 8. The standard InChI is InChI=1S/C17H23N3O2/c1-12-9-15(12)16-6-5-14(22-16)10-20(13-3-4-13)11-17(21)19-8-2-7-18/h5-6,12-13,15H,2-4,8-11H2,1H3,(H,19,21)/t12-,15+/m0/s1. The molecular weight excluding hydrogens is 278 g/mol. The Morgan fingerprint density at radius 1 is 1.50 bits per heavy atom. The maximum absolute atomic E-state index is 11.9. The molecule has 3 rings (SSSR count). The number of carbonyl (C=O) groups is 1. The Balaban J connectivity index is 1.52. The van der Waals surface area contributed by atoms with Crippen molar-refractivity contribution in [3.8, 4) is 6.07 Å². The Bertz CT molecular complexity index is 571. The smallest absolute Gasteiger partial charge is 0.234 e. The van der Waals surface area contributed by atoms with Gasteiger partial charge in [0.25, 0.3) is 0 Å². The SMILES string of the molecule is C[C@H]1C[C@H]1c1ccc(CN(CC(=O)NCCC#N)C2CC2)o1. The minimum absolute atomic E-state index is 0.00950. The lowest BCUT2D eigenvalue weighted by Crippen LogP contribution is -2.38. The summed E-state index contributed by atoms with van der Waals surface area (Å²) in [6.07, 6.45) is 3.88. The molecule has 0 radical (unpaired) electrons. The van der Waals surface area contributed by atoms with Gasteiger partial charge in [-0.3, -0.25) is 9.69 Å². The highest BCUT2D eigenvalue weighted by Crippen LogP contribution is 2.47. The molecule has 1 amide bonds. The fourth-order valence-electron chi connectivity index (χ4n) is 2.85. The molecule has 2 saturated carbocycles. The van der Waals surface area contributed by atoms with E-state index in [0.29, 0.717) is 38.0 Å². The molecule has 0 saturated heterocycles. The zero-order chi connectivity index (χ0) is 15.5. The summed E-state index contributed by atoms with van der Waals surface area (Å²) in [6, 6.07) is 6.66.